The van der Waals surface area contributed by atoms with E-state index in [9.17, 15) is 0 Å². The van der Waals surface area contributed by atoms with Crippen molar-refractivity contribution in [3.63, 3.8) is 0 Å². The number of ether oxygens (including phenoxy) is 1. The number of benzene rings is 2. The van der Waals surface area contributed by atoms with Gasteiger partial charge in [0.05, 0.1) is 12.3 Å². The van der Waals surface area contributed by atoms with Crippen molar-refractivity contribution in [1.82, 2.24) is 0 Å². The third-order valence-electron chi connectivity index (χ3n) is 4.06. The van der Waals surface area contributed by atoms with E-state index >= 15 is 0 Å². The van der Waals surface area contributed by atoms with Crippen LogP contribution >= 0.6 is 11.8 Å². The van der Waals surface area contributed by atoms with E-state index in [1.54, 1.807) is 6.21 Å². The van der Waals surface area contributed by atoms with Crippen molar-refractivity contribution in [3.8, 4) is 5.75 Å². The zero-order valence-corrected chi connectivity index (χ0v) is 15.0. The molecule has 3 rings (SSSR count). The molecule has 130 valence electrons. The second kappa shape index (κ2) is 9.28. The number of hydrogen-bond acceptors (Lipinski definition) is 4. The lowest BCUT2D eigenvalue weighted by Gasteiger charge is -2.12. The summed E-state index contributed by atoms with van der Waals surface area (Å²) in [6.45, 7) is 0. The Bertz CT molecular complexity index is 725. The molecular weight excluding hydrogens is 330 g/mol. The Balaban J connectivity index is 1.52. The van der Waals surface area contributed by atoms with Crippen LogP contribution in [0.15, 0.2) is 64.8 Å². The van der Waals surface area contributed by atoms with Gasteiger partial charge in [0.25, 0.3) is 0 Å². The zero-order chi connectivity index (χ0) is 17.3. The molecule has 2 aromatic rings. The Morgan fingerprint density at radius 3 is 2.72 bits per heavy atom. The number of rotatable bonds is 6. The molecule has 5 heteroatoms. The van der Waals surface area contributed by atoms with Gasteiger partial charge in [0.2, 0.25) is 0 Å². The smallest absolute Gasteiger partial charge is 0.180 e. The van der Waals surface area contributed by atoms with Crippen molar-refractivity contribution in [3.05, 3.63) is 65.7 Å². The lowest BCUT2D eigenvalue weighted by atomic mass is 10.2. The van der Waals surface area contributed by atoms with Gasteiger partial charge in [-0.25, -0.2) is 0 Å². The van der Waals surface area contributed by atoms with E-state index in [-0.39, 0.29) is 0 Å². The Labute approximate surface area is 153 Å². The first kappa shape index (κ1) is 17.5. The fourth-order valence-corrected chi connectivity index (χ4v) is 3.39. The zero-order valence-electron chi connectivity index (χ0n) is 14.2. The number of amidine groups is 1. The molecule has 25 heavy (non-hydrogen) atoms. The van der Waals surface area contributed by atoms with Gasteiger partial charge in [-0.05, 0) is 48.9 Å². The van der Waals surface area contributed by atoms with Gasteiger partial charge in [0, 0.05) is 5.75 Å². The highest BCUT2D eigenvalue weighted by Crippen LogP contribution is 2.24. The van der Waals surface area contributed by atoms with Crippen LogP contribution in [0.4, 0.5) is 0 Å². The van der Waals surface area contributed by atoms with Crippen LogP contribution in [0, 0.1) is 0 Å². The van der Waals surface area contributed by atoms with Gasteiger partial charge in [0.15, 0.2) is 5.17 Å². The second-order valence-corrected chi connectivity index (χ2v) is 7.05. The lowest BCUT2D eigenvalue weighted by molar-refractivity contribution is 0.210. The molecule has 0 spiro atoms. The maximum atomic E-state index is 6.00. The van der Waals surface area contributed by atoms with Crippen molar-refractivity contribution in [1.29, 1.82) is 0 Å². The van der Waals surface area contributed by atoms with Crippen molar-refractivity contribution in [2.24, 2.45) is 15.9 Å². The summed E-state index contributed by atoms with van der Waals surface area (Å²) in [6.07, 6.45) is 6.89. The quantitative estimate of drug-likeness (QED) is 0.469. The van der Waals surface area contributed by atoms with E-state index < -0.39 is 0 Å². The average molecular weight is 353 g/mol. The minimum Gasteiger partial charge on any atom is -0.490 e. The Morgan fingerprint density at radius 2 is 1.92 bits per heavy atom. The van der Waals surface area contributed by atoms with Crippen molar-refractivity contribution in [2.75, 3.05) is 0 Å². The van der Waals surface area contributed by atoms with Crippen LogP contribution in [0.3, 0.4) is 0 Å². The lowest BCUT2D eigenvalue weighted by Crippen LogP contribution is -2.10. The fraction of sp³-hybridized carbons (Fsp3) is 0.300. The summed E-state index contributed by atoms with van der Waals surface area (Å²) < 4.78 is 6.00. The van der Waals surface area contributed by atoms with Crippen LogP contribution in [0.2, 0.25) is 0 Å². The summed E-state index contributed by atoms with van der Waals surface area (Å²) in [5.74, 6) is 1.68. The molecule has 0 radical (unpaired) electrons. The van der Waals surface area contributed by atoms with E-state index in [1.165, 1.54) is 30.2 Å². The molecule has 1 fully saturated rings. The van der Waals surface area contributed by atoms with E-state index in [1.807, 2.05) is 42.5 Å². The molecule has 0 unspecified atom stereocenters. The third-order valence-corrected chi connectivity index (χ3v) is 4.91. The average Bonchev–Trinajstić information content (AvgIpc) is 3.14. The molecule has 0 bridgehead atoms. The summed E-state index contributed by atoms with van der Waals surface area (Å²) in [6, 6.07) is 18.1. The highest BCUT2D eigenvalue weighted by atomic mass is 32.2. The van der Waals surface area contributed by atoms with E-state index in [0.29, 0.717) is 11.3 Å². The Hall–Kier alpha value is -2.27. The Morgan fingerprint density at radius 1 is 1.12 bits per heavy atom. The molecule has 4 nitrogen and oxygen atoms in total. The highest BCUT2D eigenvalue weighted by molar-refractivity contribution is 8.13. The summed E-state index contributed by atoms with van der Waals surface area (Å²) in [5.41, 5.74) is 8.07. The summed E-state index contributed by atoms with van der Waals surface area (Å²) >= 11 is 1.48. The van der Waals surface area contributed by atoms with Crippen LogP contribution in [-0.2, 0) is 5.75 Å². The predicted octanol–water partition coefficient (Wildman–Crippen LogP) is 4.59. The number of nitrogens with two attached hydrogens (primary N) is 1. The predicted molar refractivity (Wildman–Crippen MR) is 106 cm³/mol. The molecular formula is C20H23N3OS. The van der Waals surface area contributed by atoms with E-state index in [0.717, 1.165) is 29.9 Å². The normalized spacial score (nSPS) is 15.8. The monoisotopic (exact) mass is 353 g/mol. The topological polar surface area (TPSA) is 60.0 Å². The van der Waals surface area contributed by atoms with Gasteiger partial charge in [-0.15, -0.1) is 5.10 Å². The largest absolute Gasteiger partial charge is 0.490 e. The molecule has 0 amide bonds. The molecule has 0 aromatic heterocycles. The van der Waals surface area contributed by atoms with Crippen LogP contribution in [0.25, 0.3) is 0 Å². The molecule has 1 saturated carbocycles. The SMILES string of the molecule is NC(=NN=Cc1cccc(OC2CCCC2)c1)SCc1ccccc1. The first-order valence-corrected chi connectivity index (χ1v) is 9.58. The van der Waals surface area contributed by atoms with Gasteiger partial charge in [-0.3, -0.25) is 0 Å². The number of thioether (sulfide) groups is 1. The van der Waals surface area contributed by atoms with Crippen molar-refractivity contribution >= 4 is 23.1 Å². The van der Waals surface area contributed by atoms with Crippen molar-refractivity contribution in [2.45, 2.75) is 37.5 Å². The number of hydrogen-bond donors (Lipinski definition) is 1. The standard InChI is InChI=1S/C20H23N3OS/c21-20(25-15-16-7-2-1-3-8-16)23-22-14-17-9-6-12-19(13-17)24-18-10-4-5-11-18/h1-3,6-9,12-14,18H,4-5,10-11,15H2,(H2,21,23). The van der Waals surface area contributed by atoms with Crippen LogP contribution in [-0.4, -0.2) is 17.5 Å². The second-order valence-electron chi connectivity index (χ2n) is 6.05. The fourth-order valence-electron chi connectivity index (χ4n) is 2.78. The van der Waals surface area contributed by atoms with Gasteiger partial charge in [-0.1, -0.05) is 54.2 Å². The molecule has 0 heterocycles. The van der Waals surface area contributed by atoms with Gasteiger partial charge < -0.3 is 10.5 Å². The van der Waals surface area contributed by atoms with Crippen LogP contribution in [0.5, 0.6) is 5.75 Å². The maximum Gasteiger partial charge on any atom is 0.180 e. The number of nitrogens with zero attached hydrogens (tertiary/aromatic N) is 2. The van der Waals surface area contributed by atoms with Gasteiger partial charge in [-0.2, -0.15) is 5.10 Å². The van der Waals surface area contributed by atoms with Gasteiger partial charge >= 0.3 is 0 Å². The summed E-state index contributed by atoms with van der Waals surface area (Å²) in [4.78, 5) is 0. The van der Waals surface area contributed by atoms with E-state index in [2.05, 4.69) is 22.3 Å². The first-order valence-electron chi connectivity index (χ1n) is 8.59. The highest BCUT2D eigenvalue weighted by Gasteiger charge is 2.16. The van der Waals surface area contributed by atoms with Gasteiger partial charge in [0.1, 0.15) is 5.75 Å². The molecule has 0 aliphatic heterocycles. The molecule has 2 aromatic carbocycles. The summed E-state index contributed by atoms with van der Waals surface area (Å²) in [5, 5.41) is 8.60. The maximum absolute atomic E-state index is 6.00. The first-order chi connectivity index (χ1) is 12.3. The third kappa shape index (κ3) is 5.94. The van der Waals surface area contributed by atoms with Crippen molar-refractivity contribution < 1.29 is 4.74 Å². The van der Waals surface area contributed by atoms with Crippen LogP contribution < -0.4 is 10.5 Å². The minimum absolute atomic E-state index is 0.357. The van der Waals surface area contributed by atoms with Crippen LogP contribution in [0.1, 0.15) is 36.8 Å². The van der Waals surface area contributed by atoms with E-state index in [4.69, 9.17) is 10.5 Å². The minimum atomic E-state index is 0.357. The molecule has 0 saturated heterocycles. The molecule has 2 N–H and O–H groups in total. The molecule has 1 aliphatic rings. The summed E-state index contributed by atoms with van der Waals surface area (Å²) in [7, 11) is 0. The molecule has 0 atom stereocenters. The Kier molecular flexibility index (Phi) is 6.51. The molecule has 1 aliphatic carbocycles.